The first-order chi connectivity index (χ1) is 16.9. The minimum atomic E-state index is -0.183. The maximum Gasteiger partial charge on any atom is 0.263 e. The predicted molar refractivity (Wildman–Crippen MR) is 142 cm³/mol. The number of morpholine rings is 1. The molecule has 4 aromatic rings. The van der Waals surface area contributed by atoms with E-state index in [1.807, 2.05) is 50.2 Å². The number of fused-ring (bicyclic) bond motifs is 1. The number of pyridine rings is 1. The monoisotopic (exact) mass is 503 g/mol. The lowest BCUT2D eigenvalue weighted by molar-refractivity contribution is -0.00520. The highest BCUT2D eigenvalue weighted by Gasteiger charge is 2.24. The van der Waals surface area contributed by atoms with Gasteiger partial charge in [0.15, 0.2) is 0 Å². The quantitative estimate of drug-likeness (QED) is 0.322. The molecule has 0 aliphatic carbocycles. The Balaban J connectivity index is 1.58. The first-order valence-corrected chi connectivity index (χ1v) is 12.2. The van der Waals surface area contributed by atoms with Crippen molar-refractivity contribution in [3.8, 4) is 22.9 Å². The highest BCUT2D eigenvalue weighted by Crippen LogP contribution is 2.34. The van der Waals surface area contributed by atoms with Crippen LogP contribution < -0.4 is 10.5 Å². The molecule has 0 bridgehead atoms. The summed E-state index contributed by atoms with van der Waals surface area (Å²) in [5, 5.41) is 11.3. The normalized spacial score (nSPS) is 18.0. The summed E-state index contributed by atoms with van der Waals surface area (Å²) in [6.45, 7) is 5.61. The lowest BCUT2D eigenvalue weighted by atomic mass is 9.98. The fourth-order valence-corrected chi connectivity index (χ4v) is 5.38. The van der Waals surface area contributed by atoms with E-state index in [1.165, 1.54) is 4.57 Å². The standard InChI is InChI=1S/C28H23Cl2N3O2/c1-17-14-32(15-18(2)35-17)26-11-10-21(12-24(26)29)33-16-25(30)27-22(4-3-5-23(27)28(33)34)20-8-6-19(13-31)7-9-20/h3-12,16-18H,14-15H2,1-2H3/t17-,18+. The molecule has 0 radical (unpaired) electrons. The van der Waals surface area contributed by atoms with Crippen LogP contribution in [0, 0.1) is 11.3 Å². The molecule has 0 N–H and O–H groups in total. The van der Waals surface area contributed by atoms with Crippen molar-refractivity contribution in [1.29, 1.82) is 5.26 Å². The third-order valence-corrected chi connectivity index (χ3v) is 6.88. The molecule has 176 valence electrons. The minimum Gasteiger partial charge on any atom is -0.372 e. The number of nitriles is 1. The van der Waals surface area contributed by atoms with E-state index in [1.54, 1.807) is 30.5 Å². The number of halogens is 2. The minimum absolute atomic E-state index is 0.113. The fourth-order valence-electron chi connectivity index (χ4n) is 4.79. The molecule has 5 nitrogen and oxygen atoms in total. The molecule has 0 saturated carbocycles. The zero-order chi connectivity index (χ0) is 24.7. The summed E-state index contributed by atoms with van der Waals surface area (Å²) in [6.07, 6.45) is 1.87. The lowest BCUT2D eigenvalue weighted by Crippen LogP contribution is -2.45. The Morgan fingerprint density at radius 3 is 2.34 bits per heavy atom. The van der Waals surface area contributed by atoms with E-state index in [2.05, 4.69) is 11.0 Å². The van der Waals surface area contributed by atoms with Gasteiger partial charge < -0.3 is 9.64 Å². The molecule has 1 aliphatic rings. The van der Waals surface area contributed by atoms with Crippen LogP contribution in [0.15, 0.2) is 71.7 Å². The second-order valence-electron chi connectivity index (χ2n) is 8.87. The average molecular weight is 504 g/mol. The number of hydrogen-bond donors (Lipinski definition) is 0. The van der Waals surface area contributed by atoms with Crippen molar-refractivity contribution in [3.63, 3.8) is 0 Å². The Bertz CT molecular complexity index is 1510. The van der Waals surface area contributed by atoms with Crippen molar-refractivity contribution in [1.82, 2.24) is 4.57 Å². The van der Waals surface area contributed by atoms with Gasteiger partial charge in [0.05, 0.1) is 45.3 Å². The summed E-state index contributed by atoms with van der Waals surface area (Å²) < 4.78 is 7.37. The largest absolute Gasteiger partial charge is 0.372 e. The summed E-state index contributed by atoms with van der Waals surface area (Å²) in [4.78, 5) is 15.8. The van der Waals surface area contributed by atoms with Gasteiger partial charge in [0.25, 0.3) is 5.56 Å². The molecule has 1 saturated heterocycles. The fraction of sp³-hybridized carbons (Fsp3) is 0.214. The molecule has 1 aliphatic heterocycles. The average Bonchev–Trinajstić information content (AvgIpc) is 2.85. The Morgan fingerprint density at radius 2 is 1.69 bits per heavy atom. The van der Waals surface area contributed by atoms with E-state index in [0.29, 0.717) is 32.1 Å². The van der Waals surface area contributed by atoms with Gasteiger partial charge in [-0.3, -0.25) is 9.36 Å². The Morgan fingerprint density at radius 1 is 0.971 bits per heavy atom. The third-order valence-electron chi connectivity index (χ3n) is 6.29. The van der Waals surface area contributed by atoms with Gasteiger partial charge in [-0.2, -0.15) is 5.26 Å². The van der Waals surface area contributed by atoms with Gasteiger partial charge in [0.1, 0.15) is 0 Å². The van der Waals surface area contributed by atoms with Crippen molar-refractivity contribution >= 4 is 39.7 Å². The van der Waals surface area contributed by atoms with E-state index in [9.17, 15) is 4.79 Å². The number of anilines is 1. The SMILES string of the molecule is C[C@@H]1CN(c2ccc(-n3cc(Cl)c4c(-c5ccc(C#N)cc5)cccc4c3=O)cc2Cl)C[C@H](C)O1. The Labute approximate surface area is 213 Å². The van der Waals surface area contributed by atoms with Gasteiger partial charge in [0, 0.05) is 30.1 Å². The summed E-state index contributed by atoms with van der Waals surface area (Å²) >= 11 is 13.5. The lowest BCUT2D eigenvalue weighted by Gasteiger charge is -2.37. The molecular formula is C28H23Cl2N3O2. The van der Waals surface area contributed by atoms with Crippen molar-refractivity contribution in [2.45, 2.75) is 26.1 Å². The van der Waals surface area contributed by atoms with Crippen LogP contribution >= 0.6 is 23.2 Å². The van der Waals surface area contributed by atoms with Crippen molar-refractivity contribution in [2.24, 2.45) is 0 Å². The van der Waals surface area contributed by atoms with Crippen LogP contribution in [0.25, 0.3) is 27.6 Å². The maximum atomic E-state index is 13.5. The van der Waals surface area contributed by atoms with Crippen LogP contribution in [-0.2, 0) is 4.74 Å². The van der Waals surface area contributed by atoms with Crippen molar-refractivity contribution < 1.29 is 4.74 Å². The van der Waals surface area contributed by atoms with Crippen molar-refractivity contribution in [3.05, 3.63) is 92.8 Å². The van der Waals surface area contributed by atoms with Gasteiger partial charge in [-0.1, -0.05) is 47.5 Å². The van der Waals surface area contributed by atoms with Gasteiger partial charge >= 0.3 is 0 Å². The number of nitrogens with zero attached hydrogens (tertiary/aromatic N) is 3. The maximum absolute atomic E-state index is 13.5. The second-order valence-corrected chi connectivity index (χ2v) is 9.68. The highest BCUT2D eigenvalue weighted by molar-refractivity contribution is 6.36. The summed E-state index contributed by atoms with van der Waals surface area (Å²) in [5.41, 5.74) is 3.67. The van der Waals surface area contributed by atoms with Gasteiger partial charge in [0.2, 0.25) is 0 Å². The molecule has 5 rings (SSSR count). The number of aromatic nitrogens is 1. The Hall–Kier alpha value is -3.30. The first-order valence-electron chi connectivity index (χ1n) is 11.4. The summed E-state index contributed by atoms with van der Waals surface area (Å²) in [7, 11) is 0. The number of hydrogen-bond acceptors (Lipinski definition) is 4. The van der Waals surface area contributed by atoms with Gasteiger partial charge in [-0.25, -0.2) is 0 Å². The molecule has 35 heavy (non-hydrogen) atoms. The molecule has 7 heteroatoms. The summed E-state index contributed by atoms with van der Waals surface area (Å²) in [6, 6.07) is 20.5. The zero-order valence-corrected chi connectivity index (χ0v) is 20.8. The predicted octanol–water partition coefficient (Wildman–Crippen LogP) is 6.45. The molecule has 3 aromatic carbocycles. The van der Waals surface area contributed by atoms with Gasteiger partial charge in [-0.15, -0.1) is 0 Å². The van der Waals surface area contributed by atoms with E-state index in [4.69, 9.17) is 33.2 Å². The van der Waals surface area contributed by atoms with Crippen LogP contribution in [0.3, 0.4) is 0 Å². The first kappa shape index (κ1) is 23.4. The molecule has 1 fully saturated rings. The highest BCUT2D eigenvalue weighted by atomic mass is 35.5. The van der Waals surface area contributed by atoms with Crippen LogP contribution in [0.4, 0.5) is 5.69 Å². The molecule has 0 unspecified atom stereocenters. The summed E-state index contributed by atoms with van der Waals surface area (Å²) in [5.74, 6) is 0. The zero-order valence-electron chi connectivity index (χ0n) is 19.3. The van der Waals surface area contributed by atoms with Crippen LogP contribution in [0.5, 0.6) is 0 Å². The molecule has 2 heterocycles. The van der Waals surface area contributed by atoms with Gasteiger partial charge in [-0.05, 0) is 61.4 Å². The van der Waals surface area contributed by atoms with E-state index < -0.39 is 0 Å². The van der Waals surface area contributed by atoms with Crippen LogP contribution in [0.2, 0.25) is 10.0 Å². The number of benzene rings is 3. The smallest absolute Gasteiger partial charge is 0.263 e. The molecular weight excluding hydrogens is 481 g/mol. The number of ether oxygens (including phenoxy) is 1. The van der Waals surface area contributed by atoms with Crippen LogP contribution in [0.1, 0.15) is 19.4 Å². The number of rotatable bonds is 3. The third kappa shape index (κ3) is 4.41. The second kappa shape index (κ2) is 9.39. The molecule has 1 aromatic heterocycles. The van der Waals surface area contributed by atoms with E-state index in [-0.39, 0.29) is 17.8 Å². The molecule has 2 atom stereocenters. The van der Waals surface area contributed by atoms with Crippen molar-refractivity contribution in [2.75, 3.05) is 18.0 Å². The molecule has 0 amide bonds. The molecule has 0 spiro atoms. The Kier molecular flexibility index (Phi) is 6.29. The van der Waals surface area contributed by atoms with E-state index in [0.717, 1.165) is 29.9 Å². The van der Waals surface area contributed by atoms with Crippen LogP contribution in [-0.4, -0.2) is 29.9 Å². The van der Waals surface area contributed by atoms with E-state index >= 15 is 0 Å². The topological polar surface area (TPSA) is 58.3 Å².